The van der Waals surface area contributed by atoms with Crippen molar-refractivity contribution in [3.8, 4) is 0 Å². The number of carbonyl (C=O) groups excluding carboxylic acids is 1. The van der Waals surface area contributed by atoms with Crippen LogP contribution in [0.3, 0.4) is 0 Å². The minimum absolute atomic E-state index is 0.298. The van der Waals surface area contributed by atoms with Gasteiger partial charge in [-0.3, -0.25) is 4.79 Å². The first kappa shape index (κ1) is 6.14. The van der Waals surface area contributed by atoms with E-state index in [0.717, 1.165) is 11.5 Å². The van der Waals surface area contributed by atoms with E-state index >= 15 is 0 Å². The van der Waals surface area contributed by atoms with Crippen LogP contribution in [0.2, 0.25) is 0 Å². The van der Waals surface area contributed by atoms with Crippen molar-refractivity contribution < 1.29 is 4.79 Å². The molecule has 0 spiro atoms. The molecule has 0 radical (unpaired) electrons. The Labute approximate surface area is 61.1 Å². The number of ketones is 1. The van der Waals surface area contributed by atoms with Crippen molar-refractivity contribution in [2.75, 3.05) is 0 Å². The van der Waals surface area contributed by atoms with Crippen LogP contribution in [0.4, 0.5) is 0 Å². The Bertz CT molecular complexity index is 203. The Kier molecular flexibility index (Phi) is 1.19. The summed E-state index contributed by atoms with van der Waals surface area (Å²) in [7, 11) is 0. The predicted octanol–water partition coefficient (Wildman–Crippen LogP) is 1.93. The summed E-state index contributed by atoms with van der Waals surface area (Å²) in [5, 5.41) is 0. The Hall–Kier alpha value is -0.590. The van der Waals surface area contributed by atoms with Crippen LogP contribution in [-0.2, 0) is 4.79 Å². The van der Waals surface area contributed by atoms with Gasteiger partial charge in [-0.1, -0.05) is 6.08 Å². The fourth-order valence-electron chi connectivity index (χ4n) is 2.25. The zero-order chi connectivity index (χ0) is 7.14. The van der Waals surface area contributed by atoms with Crippen LogP contribution in [0.1, 0.15) is 26.2 Å². The summed E-state index contributed by atoms with van der Waals surface area (Å²) in [6.07, 6.45) is 6.03. The van der Waals surface area contributed by atoms with Crippen molar-refractivity contribution in [1.82, 2.24) is 0 Å². The smallest absolute Gasteiger partial charge is 0.155 e. The van der Waals surface area contributed by atoms with Gasteiger partial charge < -0.3 is 0 Å². The highest BCUT2D eigenvalue weighted by atomic mass is 16.1. The molecule has 2 unspecified atom stereocenters. The monoisotopic (exact) mass is 136 g/mol. The lowest BCUT2D eigenvalue weighted by atomic mass is 9.96. The molecule has 54 valence electrons. The van der Waals surface area contributed by atoms with E-state index in [0.29, 0.717) is 11.7 Å². The highest BCUT2D eigenvalue weighted by Gasteiger charge is 2.34. The standard InChI is InChI=1S/C9H12O/c1-6(10)9-5-7-2-3-8(9)4-7/h5,7-8H,2-4H2,1H3. The summed E-state index contributed by atoms with van der Waals surface area (Å²) in [5.74, 6) is 1.69. The molecule has 2 rings (SSSR count). The van der Waals surface area contributed by atoms with Crippen LogP contribution in [0, 0.1) is 11.8 Å². The molecule has 2 atom stereocenters. The molecule has 0 aromatic carbocycles. The number of Topliss-reactive ketones (excluding diaryl/α,β-unsaturated/α-hetero) is 1. The fraction of sp³-hybridized carbons (Fsp3) is 0.667. The van der Waals surface area contributed by atoms with Crippen LogP contribution in [0.15, 0.2) is 11.6 Å². The van der Waals surface area contributed by atoms with E-state index in [1.54, 1.807) is 6.92 Å². The molecule has 10 heavy (non-hydrogen) atoms. The number of allylic oxidation sites excluding steroid dienone is 2. The third-order valence-electron chi connectivity index (χ3n) is 2.73. The number of fused-ring (bicyclic) bond motifs is 2. The van der Waals surface area contributed by atoms with Gasteiger partial charge in [0, 0.05) is 0 Å². The Morgan fingerprint density at radius 1 is 1.60 bits per heavy atom. The average Bonchev–Trinajstić information content (AvgIpc) is 2.44. The number of carbonyl (C=O) groups is 1. The van der Waals surface area contributed by atoms with Crippen molar-refractivity contribution in [2.45, 2.75) is 26.2 Å². The molecule has 0 aliphatic heterocycles. The van der Waals surface area contributed by atoms with Gasteiger partial charge in [0.15, 0.2) is 5.78 Å². The van der Waals surface area contributed by atoms with Crippen LogP contribution < -0.4 is 0 Å². The maximum Gasteiger partial charge on any atom is 0.155 e. The van der Waals surface area contributed by atoms with Gasteiger partial charge in [-0.2, -0.15) is 0 Å². The molecule has 0 saturated heterocycles. The lowest BCUT2D eigenvalue weighted by Gasteiger charge is -2.08. The van der Waals surface area contributed by atoms with Crippen LogP contribution in [0.5, 0.6) is 0 Å². The van der Waals surface area contributed by atoms with Crippen molar-refractivity contribution in [2.24, 2.45) is 11.8 Å². The SMILES string of the molecule is CC(=O)C1=CC2CCC1C2. The molecule has 2 bridgehead atoms. The zero-order valence-electron chi connectivity index (χ0n) is 6.26. The van der Waals surface area contributed by atoms with Crippen molar-refractivity contribution >= 4 is 5.78 Å². The fourth-order valence-corrected chi connectivity index (χ4v) is 2.25. The van der Waals surface area contributed by atoms with E-state index in [-0.39, 0.29) is 0 Å². The lowest BCUT2D eigenvalue weighted by molar-refractivity contribution is -0.114. The van der Waals surface area contributed by atoms with Gasteiger partial charge in [0.25, 0.3) is 0 Å². The molecule has 1 nitrogen and oxygen atoms in total. The number of hydrogen-bond acceptors (Lipinski definition) is 1. The van der Waals surface area contributed by atoms with Crippen LogP contribution in [-0.4, -0.2) is 5.78 Å². The minimum Gasteiger partial charge on any atom is -0.295 e. The highest BCUT2D eigenvalue weighted by molar-refractivity contribution is 5.94. The van der Waals surface area contributed by atoms with E-state index in [1.165, 1.54) is 19.3 Å². The summed E-state index contributed by atoms with van der Waals surface area (Å²) >= 11 is 0. The molecule has 1 heteroatoms. The summed E-state index contributed by atoms with van der Waals surface area (Å²) in [6, 6.07) is 0. The largest absolute Gasteiger partial charge is 0.295 e. The summed E-state index contributed by atoms with van der Waals surface area (Å²) in [6.45, 7) is 1.69. The minimum atomic E-state index is 0.298. The first-order chi connectivity index (χ1) is 4.77. The van der Waals surface area contributed by atoms with Crippen molar-refractivity contribution in [1.29, 1.82) is 0 Å². The second-order valence-electron chi connectivity index (χ2n) is 3.45. The van der Waals surface area contributed by atoms with Gasteiger partial charge in [0.1, 0.15) is 0 Å². The molecule has 0 N–H and O–H groups in total. The second kappa shape index (κ2) is 1.94. The molecule has 0 aromatic heterocycles. The van der Waals surface area contributed by atoms with Crippen LogP contribution in [0.25, 0.3) is 0 Å². The third kappa shape index (κ3) is 0.731. The van der Waals surface area contributed by atoms with Crippen molar-refractivity contribution in [3.63, 3.8) is 0 Å². The maximum atomic E-state index is 11.0. The maximum absolute atomic E-state index is 11.0. The molecular weight excluding hydrogens is 124 g/mol. The van der Waals surface area contributed by atoms with Crippen molar-refractivity contribution in [3.05, 3.63) is 11.6 Å². The number of rotatable bonds is 1. The summed E-state index contributed by atoms with van der Waals surface area (Å²) < 4.78 is 0. The Balaban J connectivity index is 2.25. The van der Waals surface area contributed by atoms with Gasteiger partial charge in [-0.15, -0.1) is 0 Å². The molecule has 0 amide bonds. The van der Waals surface area contributed by atoms with Gasteiger partial charge in [-0.05, 0) is 43.6 Å². The second-order valence-corrected chi connectivity index (χ2v) is 3.45. The number of hydrogen-bond donors (Lipinski definition) is 0. The Morgan fingerprint density at radius 3 is 2.70 bits per heavy atom. The molecule has 2 aliphatic rings. The molecule has 2 aliphatic carbocycles. The third-order valence-corrected chi connectivity index (χ3v) is 2.73. The zero-order valence-corrected chi connectivity index (χ0v) is 6.26. The molecule has 0 aromatic rings. The quantitative estimate of drug-likeness (QED) is 0.538. The van der Waals surface area contributed by atoms with E-state index < -0.39 is 0 Å². The predicted molar refractivity (Wildman–Crippen MR) is 39.6 cm³/mol. The summed E-state index contributed by atoms with van der Waals surface area (Å²) in [4.78, 5) is 11.0. The van der Waals surface area contributed by atoms with Gasteiger partial charge in [0.05, 0.1) is 0 Å². The first-order valence-electron chi connectivity index (χ1n) is 4.00. The van der Waals surface area contributed by atoms with Gasteiger partial charge >= 0.3 is 0 Å². The normalized spacial score (nSPS) is 36.3. The van der Waals surface area contributed by atoms with E-state index in [1.807, 2.05) is 0 Å². The highest BCUT2D eigenvalue weighted by Crippen LogP contribution is 2.43. The first-order valence-corrected chi connectivity index (χ1v) is 4.00. The lowest BCUT2D eigenvalue weighted by Crippen LogP contribution is -2.05. The molecule has 0 heterocycles. The topological polar surface area (TPSA) is 17.1 Å². The van der Waals surface area contributed by atoms with E-state index in [4.69, 9.17) is 0 Å². The van der Waals surface area contributed by atoms with Gasteiger partial charge in [0.2, 0.25) is 0 Å². The molecule has 1 saturated carbocycles. The average molecular weight is 136 g/mol. The van der Waals surface area contributed by atoms with E-state index in [2.05, 4.69) is 6.08 Å². The van der Waals surface area contributed by atoms with Crippen LogP contribution >= 0.6 is 0 Å². The molecule has 1 fully saturated rings. The van der Waals surface area contributed by atoms with Gasteiger partial charge in [-0.25, -0.2) is 0 Å². The summed E-state index contributed by atoms with van der Waals surface area (Å²) in [5.41, 5.74) is 1.12. The van der Waals surface area contributed by atoms with E-state index in [9.17, 15) is 4.79 Å². The Morgan fingerprint density at radius 2 is 2.40 bits per heavy atom. The molecular formula is C9H12O.